The molecule has 2 heterocycles. The number of phenols is 2. The average Bonchev–Trinajstić information content (AvgIpc) is 3.05. The van der Waals surface area contributed by atoms with Gasteiger partial charge in [0.25, 0.3) is 5.56 Å². The van der Waals surface area contributed by atoms with Crippen molar-refractivity contribution in [2.45, 2.75) is 25.6 Å². The van der Waals surface area contributed by atoms with Crippen LogP contribution < -0.4 is 29.0 Å². The van der Waals surface area contributed by atoms with Crippen LogP contribution in [0.15, 0.2) is 34.1 Å². The van der Waals surface area contributed by atoms with E-state index in [0.717, 1.165) is 4.57 Å². The second kappa shape index (κ2) is 8.68. The molecule has 158 valence electrons. The molecule has 0 amide bonds. The monoisotopic (exact) mass is 425 g/mol. The molecule has 1 aromatic carbocycles. The molecule has 0 radical (unpaired) electrons. The lowest BCUT2D eigenvalue weighted by Crippen LogP contribution is -3.00. The fourth-order valence-electron chi connectivity index (χ4n) is 3.23. The van der Waals surface area contributed by atoms with Crippen molar-refractivity contribution in [3.8, 4) is 11.5 Å². The molecule has 29 heavy (non-hydrogen) atoms. The number of aromatic hydroxyl groups is 2. The SMILES string of the molecule is CC(Cn1cnc2c1c(=O)n(C)c(=O)n2C)[NH2+]CC(O)c1cc(O)cc(O)c1.[Cl-]. The number of rotatable bonds is 6. The number of benzene rings is 1. The van der Waals surface area contributed by atoms with E-state index in [4.69, 9.17) is 0 Å². The van der Waals surface area contributed by atoms with Crippen LogP contribution in [0.5, 0.6) is 11.5 Å². The highest BCUT2D eigenvalue weighted by Gasteiger charge is 2.18. The first kappa shape index (κ1) is 22.5. The van der Waals surface area contributed by atoms with Gasteiger partial charge in [0.1, 0.15) is 30.2 Å². The molecular weight excluding hydrogens is 402 g/mol. The Morgan fingerprint density at radius 2 is 1.72 bits per heavy atom. The van der Waals surface area contributed by atoms with Gasteiger partial charge in [-0.1, -0.05) is 0 Å². The quantitative estimate of drug-likeness (QED) is 0.314. The van der Waals surface area contributed by atoms with Crippen molar-refractivity contribution in [1.82, 2.24) is 18.7 Å². The number of aromatic nitrogens is 4. The Labute approximate surface area is 172 Å². The van der Waals surface area contributed by atoms with E-state index < -0.39 is 17.4 Å². The fourth-order valence-corrected chi connectivity index (χ4v) is 3.23. The Balaban J connectivity index is 0.00000300. The van der Waals surface area contributed by atoms with Crippen LogP contribution in [-0.2, 0) is 20.6 Å². The highest BCUT2D eigenvalue weighted by Crippen LogP contribution is 2.24. The van der Waals surface area contributed by atoms with Crippen molar-refractivity contribution in [2.75, 3.05) is 6.54 Å². The fraction of sp³-hybridized carbons (Fsp3) is 0.389. The van der Waals surface area contributed by atoms with Gasteiger partial charge >= 0.3 is 5.69 Å². The van der Waals surface area contributed by atoms with Crippen LogP contribution >= 0.6 is 0 Å². The van der Waals surface area contributed by atoms with Crippen LogP contribution in [0.2, 0.25) is 0 Å². The summed E-state index contributed by atoms with van der Waals surface area (Å²) in [5, 5.41) is 31.3. The van der Waals surface area contributed by atoms with Crippen LogP contribution in [0, 0.1) is 0 Å². The molecule has 2 unspecified atom stereocenters. The van der Waals surface area contributed by atoms with Crippen LogP contribution in [-0.4, -0.2) is 46.6 Å². The number of aryl methyl sites for hydroxylation is 1. The van der Waals surface area contributed by atoms with Crippen LogP contribution in [0.1, 0.15) is 18.6 Å². The van der Waals surface area contributed by atoms with E-state index in [2.05, 4.69) is 4.98 Å². The molecule has 0 spiro atoms. The predicted octanol–water partition coefficient (Wildman–Crippen LogP) is -4.47. The molecule has 2 aromatic heterocycles. The molecule has 0 aliphatic carbocycles. The maximum absolute atomic E-state index is 12.5. The first-order valence-corrected chi connectivity index (χ1v) is 8.84. The van der Waals surface area contributed by atoms with Crippen LogP contribution in [0.25, 0.3) is 11.2 Å². The highest BCUT2D eigenvalue weighted by molar-refractivity contribution is 5.69. The summed E-state index contributed by atoms with van der Waals surface area (Å²) < 4.78 is 4.08. The summed E-state index contributed by atoms with van der Waals surface area (Å²) in [6.45, 7) is 2.68. The Morgan fingerprint density at radius 1 is 1.10 bits per heavy atom. The third-order valence-electron chi connectivity index (χ3n) is 4.77. The van der Waals surface area contributed by atoms with Crippen molar-refractivity contribution < 1.29 is 33.0 Å². The first-order valence-electron chi connectivity index (χ1n) is 8.84. The summed E-state index contributed by atoms with van der Waals surface area (Å²) in [5.74, 6) is -0.234. The third-order valence-corrected chi connectivity index (χ3v) is 4.77. The molecule has 0 saturated heterocycles. The number of phenolic OH excluding ortho intramolecular Hbond substituents is 2. The van der Waals surface area contributed by atoms with Crippen molar-refractivity contribution in [1.29, 1.82) is 0 Å². The Morgan fingerprint density at radius 3 is 2.34 bits per heavy atom. The van der Waals surface area contributed by atoms with Crippen molar-refractivity contribution in [2.24, 2.45) is 14.1 Å². The smallest absolute Gasteiger partial charge is 0.332 e. The van der Waals surface area contributed by atoms with Crippen molar-refractivity contribution >= 4 is 11.2 Å². The Hall–Kier alpha value is -2.82. The standard InChI is InChI=1S/C18H23N5O5.ClH/c1-10(19-7-14(26)11-4-12(24)6-13(25)5-11)8-23-9-20-16-15(23)17(27)22(3)18(28)21(16)2;/h4-6,9-10,14,19,24-26H,7-8H2,1-3H3;1H. The van der Waals surface area contributed by atoms with Gasteiger partial charge < -0.3 is 37.6 Å². The van der Waals surface area contributed by atoms with Gasteiger partial charge in [0.15, 0.2) is 11.2 Å². The van der Waals surface area contributed by atoms with E-state index in [9.17, 15) is 24.9 Å². The molecule has 0 aliphatic rings. The van der Waals surface area contributed by atoms with Gasteiger partial charge in [-0.3, -0.25) is 13.9 Å². The number of quaternary nitrogens is 1. The number of aliphatic hydroxyl groups excluding tert-OH is 1. The van der Waals surface area contributed by atoms with Gasteiger partial charge in [0.2, 0.25) is 0 Å². The number of nitrogens with two attached hydrogens (primary N) is 1. The van der Waals surface area contributed by atoms with E-state index in [1.807, 2.05) is 12.2 Å². The predicted molar refractivity (Wildman–Crippen MR) is 101 cm³/mol. The lowest BCUT2D eigenvalue weighted by molar-refractivity contribution is -0.693. The van der Waals surface area contributed by atoms with Crippen LogP contribution in [0.3, 0.4) is 0 Å². The normalized spacial score (nSPS) is 13.2. The molecule has 3 rings (SSSR count). The van der Waals surface area contributed by atoms with E-state index >= 15 is 0 Å². The summed E-state index contributed by atoms with van der Waals surface area (Å²) in [7, 11) is 3.00. The summed E-state index contributed by atoms with van der Waals surface area (Å²) >= 11 is 0. The van der Waals surface area contributed by atoms with E-state index in [1.54, 1.807) is 11.6 Å². The van der Waals surface area contributed by atoms with Gasteiger partial charge in [-0.05, 0) is 24.6 Å². The summed E-state index contributed by atoms with van der Waals surface area (Å²) in [5.41, 5.74) is 0.259. The zero-order chi connectivity index (χ0) is 20.6. The number of nitrogens with zero attached hydrogens (tertiary/aromatic N) is 4. The maximum Gasteiger partial charge on any atom is 0.332 e. The number of hydrogen-bond donors (Lipinski definition) is 4. The third kappa shape index (κ3) is 4.44. The Kier molecular flexibility index (Phi) is 6.73. The molecule has 3 aromatic rings. The molecule has 11 heteroatoms. The minimum Gasteiger partial charge on any atom is -1.00 e. The van der Waals surface area contributed by atoms with Gasteiger partial charge in [0, 0.05) is 20.2 Å². The number of imidazole rings is 1. The van der Waals surface area contributed by atoms with E-state index in [-0.39, 0.29) is 29.9 Å². The molecule has 0 aliphatic heterocycles. The average molecular weight is 426 g/mol. The number of fused-ring (bicyclic) bond motifs is 1. The molecule has 0 bridgehead atoms. The van der Waals surface area contributed by atoms with Gasteiger partial charge in [0.05, 0.1) is 12.9 Å². The summed E-state index contributed by atoms with van der Waals surface area (Å²) in [4.78, 5) is 28.7. The number of hydrogen-bond acceptors (Lipinski definition) is 6. The lowest BCUT2D eigenvalue weighted by Gasteiger charge is -2.16. The Bertz CT molecular complexity index is 1120. The van der Waals surface area contributed by atoms with Gasteiger partial charge in [-0.2, -0.15) is 0 Å². The van der Waals surface area contributed by atoms with Crippen molar-refractivity contribution in [3.05, 3.63) is 50.9 Å². The largest absolute Gasteiger partial charge is 1.00 e. The minimum absolute atomic E-state index is 0. The number of aliphatic hydroxyl groups is 1. The lowest BCUT2D eigenvalue weighted by atomic mass is 10.1. The molecular formula is C18H24ClN5O5. The highest BCUT2D eigenvalue weighted by atomic mass is 35.5. The van der Waals surface area contributed by atoms with Gasteiger partial charge in [-0.15, -0.1) is 0 Å². The van der Waals surface area contributed by atoms with E-state index in [1.165, 1.54) is 36.1 Å². The number of halogens is 1. The molecule has 2 atom stereocenters. The van der Waals surface area contributed by atoms with Gasteiger partial charge in [-0.25, -0.2) is 9.78 Å². The maximum atomic E-state index is 12.5. The zero-order valence-corrected chi connectivity index (χ0v) is 17.0. The molecule has 0 fully saturated rings. The molecule has 0 saturated carbocycles. The molecule has 10 nitrogen and oxygen atoms in total. The minimum atomic E-state index is -0.881. The topological polar surface area (TPSA) is 139 Å². The molecule has 5 N–H and O–H groups in total. The second-order valence-corrected chi connectivity index (χ2v) is 7.02. The summed E-state index contributed by atoms with van der Waals surface area (Å²) in [6, 6.07) is 3.98. The van der Waals surface area contributed by atoms with Crippen LogP contribution in [0.4, 0.5) is 0 Å². The summed E-state index contributed by atoms with van der Waals surface area (Å²) in [6.07, 6.45) is 0.646. The van der Waals surface area contributed by atoms with Crippen molar-refractivity contribution in [3.63, 3.8) is 0 Å². The van der Waals surface area contributed by atoms with E-state index in [0.29, 0.717) is 29.8 Å². The first-order chi connectivity index (χ1) is 13.2. The second-order valence-electron chi connectivity index (χ2n) is 7.02. The zero-order valence-electron chi connectivity index (χ0n) is 16.3.